The van der Waals surface area contributed by atoms with E-state index in [0.29, 0.717) is 5.02 Å². The van der Waals surface area contributed by atoms with E-state index in [1.807, 2.05) is 36.4 Å². The highest BCUT2D eigenvalue weighted by Gasteiger charge is 2.13. The summed E-state index contributed by atoms with van der Waals surface area (Å²) < 4.78 is 13.3. The Labute approximate surface area is 150 Å². The molecule has 2 aromatic heterocycles. The average Bonchev–Trinajstić information content (AvgIpc) is 3.09. The maximum Gasteiger partial charge on any atom is 0.123 e. The fourth-order valence-electron chi connectivity index (χ4n) is 2.84. The second-order valence-corrected chi connectivity index (χ2v) is 6.16. The molecule has 122 valence electrons. The topological polar surface area (TPSA) is 28.7 Å². The molecule has 0 unspecified atom stereocenters. The molecule has 1 N–H and O–H groups in total. The van der Waals surface area contributed by atoms with Gasteiger partial charge in [0.1, 0.15) is 5.82 Å². The minimum Gasteiger partial charge on any atom is -0.354 e. The molecular formula is C21H14ClFN2. The number of H-pyrrole nitrogens is 1. The lowest BCUT2D eigenvalue weighted by atomic mass is 10.0. The summed E-state index contributed by atoms with van der Waals surface area (Å²) in [5.74, 6) is -0.248. The molecule has 0 fully saturated rings. The van der Waals surface area contributed by atoms with Crippen LogP contribution in [0.4, 0.5) is 4.39 Å². The standard InChI is InChI=1S/C21H14ClFN2/c22-17-5-1-15(2-6-17)20-13-19(14-3-7-18(23)8-4-14)21(25-20)16-9-11-24-12-10-16/h1-13,25H. The molecule has 0 bridgehead atoms. The number of hydrogen-bond acceptors (Lipinski definition) is 1. The van der Waals surface area contributed by atoms with E-state index < -0.39 is 0 Å². The van der Waals surface area contributed by atoms with Gasteiger partial charge in [-0.25, -0.2) is 4.39 Å². The molecule has 0 spiro atoms. The highest BCUT2D eigenvalue weighted by atomic mass is 35.5. The lowest BCUT2D eigenvalue weighted by Crippen LogP contribution is -1.84. The zero-order valence-electron chi connectivity index (χ0n) is 13.2. The van der Waals surface area contributed by atoms with E-state index in [0.717, 1.165) is 33.6 Å². The Morgan fingerprint density at radius 1 is 0.760 bits per heavy atom. The number of halogens is 2. The number of nitrogens with zero attached hydrogens (tertiary/aromatic N) is 1. The molecule has 0 aliphatic rings. The van der Waals surface area contributed by atoms with Crippen LogP contribution in [-0.2, 0) is 0 Å². The van der Waals surface area contributed by atoms with Gasteiger partial charge in [0.2, 0.25) is 0 Å². The molecular weight excluding hydrogens is 335 g/mol. The molecule has 0 saturated heterocycles. The molecule has 4 rings (SSSR count). The van der Waals surface area contributed by atoms with Gasteiger partial charge in [-0.15, -0.1) is 0 Å². The van der Waals surface area contributed by atoms with Crippen molar-refractivity contribution in [2.24, 2.45) is 0 Å². The van der Waals surface area contributed by atoms with Crippen LogP contribution < -0.4 is 0 Å². The van der Waals surface area contributed by atoms with E-state index in [9.17, 15) is 4.39 Å². The van der Waals surface area contributed by atoms with Crippen LogP contribution in [0.25, 0.3) is 33.6 Å². The summed E-state index contributed by atoms with van der Waals surface area (Å²) in [6.45, 7) is 0. The number of pyridine rings is 1. The summed E-state index contributed by atoms with van der Waals surface area (Å²) in [5.41, 5.74) is 5.96. The number of rotatable bonds is 3. The van der Waals surface area contributed by atoms with Crippen molar-refractivity contribution in [3.8, 4) is 33.6 Å². The van der Waals surface area contributed by atoms with Crippen LogP contribution in [0.15, 0.2) is 79.1 Å². The summed E-state index contributed by atoms with van der Waals surface area (Å²) >= 11 is 5.99. The fraction of sp³-hybridized carbons (Fsp3) is 0. The van der Waals surface area contributed by atoms with Crippen molar-refractivity contribution in [1.82, 2.24) is 9.97 Å². The first-order valence-electron chi connectivity index (χ1n) is 7.86. The van der Waals surface area contributed by atoms with Crippen molar-refractivity contribution in [3.05, 3.63) is 90.0 Å². The minimum absolute atomic E-state index is 0.248. The van der Waals surface area contributed by atoms with Gasteiger partial charge in [0.25, 0.3) is 0 Å². The van der Waals surface area contributed by atoms with Crippen LogP contribution in [0.5, 0.6) is 0 Å². The van der Waals surface area contributed by atoms with Crippen molar-refractivity contribution < 1.29 is 4.39 Å². The third kappa shape index (κ3) is 3.19. The molecule has 0 aliphatic carbocycles. The van der Waals surface area contributed by atoms with Crippen molar-refractivity contribution >= 4 is 11.6 Å². The van der Waals surface area contributed by atoms with E-state index in [1.54, 1.807) is 24.5 Å². The van der Waals surface area contributed by atoms with Gasteiger partial charge in [0.15, 0.2) is 0 Å². The Kier molecular flexibility index (Phi) is 4.08. The Hall–Kier alpha value is -2.91. The molecule has 0 saturated carbocycles. The molecule has 4 aromatic rings. The zero-order chi connectivity index (χ0) is 17.2. The molecule has 0 amide bonds. The number of hydrogen-bond donors (Lipinski definition) is 1. The molecule has 2 aromatic carbocycles. The molecule has 0 radical (unpaired) electrons. The number of aromatic amines is 1. The number of aromatic nitrogens is 2. The number of nitrogens with one attached hydrogen (secondary N) is 1. The quantitative estimate of drug-likeness (QED) is 0.469. The second kappa shape index (κ2) is 6.54. The monoisotopic (exact) mass is 348 g/mol. The predicted molar refractivity (Wildman–Crippen MR) is 99.9 cm³/mol. The van der Waals surface area contributed by atoms with Crippen molar-refractivity contribution in [2.45, 2.75) is 0 Å². The Morgan fingerprint density at radius 2 is 1.40 bits per heavy atom. The largest absolute Gasteiger partial charge is 0.354 e. The lowest BCUT2D eigenvalue weighted by molar-refractivity contribution is 0.628. The predicted octanol–water partition coefficient (Wildman–Crippen LogP) is 6.20. The molecule has 2 heterocycles. The molecule has 0 aliphatic heterocycles. The van der Waals surface area contributed by atoms with Crippen LogP contribution in [0, 0.1) is 5.82 Å². The van der Waals surface area contributed by atoms with Gasteiger partial charge in [-0.3, -0.25) is 4.98 Å². The van der Waals surface area contributed by atoms with Gasteiger partial charge in [0, 0.05) is 34.2 Å². The van der Waals surface area contributed by atoms with E-state index >= 15 is 0 Å². The van der Waals surface area contributed by atoms with Gasteiger partial charge in [-0.2, -0.15) is 0 Å². The van der Waals surface area contributed by atoms with Crippen molar-refractivity contribution in [3.63, 3.8) is 0 Å². The Bertz CT molecular complexity index is 991. The first-order chi connectivity index (χ1) is 12.2. The Balaban J connectivity index is 1.89. The maximum absolute atomic E-state index is 13.3. The minimum atomic E-state index is -0.248. The molecule has 0 atom stereocenters. The van der Waals surface area contributed by atoms with E-state index in [-0.39, 0.29) is 5.82 Å². The highest BCUT2D eigenvalue weighted by Crippen LogP contribution is 2.36. The molecule has 4 heteroatoms. The van der Waals surface area contributed by atoms with Crippen LogP contribution in [0.3, 0.4) is 0 Å². The third-order valence-corrected chi connectivity index (χ3v) is 4.35. The summed E-state index contributed by atoms with van der Waals surface area (Å²) in [4.78, 5) is 7.56. The summed E-state index contributed by atoms with van der Waals surface area (Å²) in [5, 5.41) is 0.698. The Morgan fingerprint density at radius 3 is 2.08 bits per heavy atom. The lowest BCUT2D eigenvalue weighted by Gasteiger charge is -2.04. The average molecular weight is 349 g/mol. The van der Waals surface area contributed by atoms with Crippen LogP contribution in [0.1, 0.15) is 0 Å². The van der Waals surface area contributed by atoms with E-state index in [2.05, 4.69) is 16.0 Å². The molecule has 2 nitrogen and oxygen atoms in total. The fourth-order valence-corrected chi connectivity index (χ4v) is 2.97. The number of benzene rings is 2. The maximum atomic E-state index is 13.3. The SMILES string of the molecule is Fc1ccc(-c2cc(-c3ccc(Cl)cc3)[nH]c2-c2ccncc2)cc1. The normalized spacial score (nSPS) is 10.8. The molecule has 25 heavy (non-hydrogen) atoms. The van der Waals surface area contributed by atoms with Gasteiger partial charge >= 0.3 is 0 Å². The van der Waals surface area contributed by atoms with E-state index in [4.69, 9.17) is 11.6 Å². The van der Waals surface area contributed by atoms with Gasteiger partial charge in [-0.05, 0) is 53.6 Å². The van der Waals surface area contributed by atoms with E-state index in [1.165, 1.54) is 12.1 Å². The van der Waals surface area contributed by atoms with Gasteiger partial charge in [0.05, 0.1) is 5.69 Å². The summed E-state index contributed by atoms with van der Waals surface area (Å²) in [6.07, 6.45) is 3.51. The van der Waals surface area contributed by atoms with Gasteiger partial charge < -0.3 is 4.98 Å². The summed E-state index contributed by atoms with van der Waals surface area (Å²) in [7, 11) is 0. The van der Waals surface area contributed by atoms with Gasteiger partial charge in [-0.1, -0.05) is 35.9 Å². The smallest absolute Gasteiger partial charge is 0.123 e. The van der Waals surface area contributed by atoms with Crippen LogP contribution in [-0.4, -0.2) is 9.97 Å². The van der Waals surface area contributed by atoms with Crippen LogP contribution >= 0.6 is 11.6 Å². The first kappa shape index (κ1) is 15.6. The van der Waals surface area contributed by atoms with Crippen LogP contribution in [0.2, 0.25) is 5.02 Å². The summed E-state index contributed by atoms with van der Waals surface area (Å²) in [6, 6.07) is 20.2. The van der Waals surface area contributed by atoms with Crippen molar-refractivity contribution in [1.29, 1.82) is 0 Å². The third-order valence-electron chi connectivity index (χ3n) is 4.10. The highest BCUT2D eigenvalue weighted by molar-refractivity contribution is 6.30. The van der Waals surface area contributed by atoms with Crippen molar-refractivity contribution in [2.75, 3.05) is 0 Å². The second-order valence-electron chi connectivity index (χ2n) is 5.72. The first-order valence-corrected chi connectivity index (χ1v) is 8.24. The zero-order valence-corrected chi connectivity index (χ0v) is 14.0.